The third kappa shape index (κ3) is 3.55. The Labute approximate surface area is 117 Å². The molecule has 0 aliphatic rings. The summed E-state index contributed by atoms with van der Waals surface area (Å²) in [6.45, 7) is 3.25. The Balaban J connectivity index is 1.91. The molecule has 0 spiro atoms. The van der Waals surface area contributed by atoms with Crippen molar-refractivity contribution in [2.45, 2.75) is 13.5 Å². The van der Waals surface area contributed by atoms with E-state index in [2.05, 4.69) is 10.3 Å². The normalized spacial score (nSPS) is 10.9. The Morgan fingerprint density at radius 3 is 3.00 bits per heavy atom. The van der Waals surface area contributed by atoms with E-state index >= 15 is 0 Å². The van der Waals surface area contributed by atoms with E-state index in [-0.39, 0.29) is 19.1 Å². The molecule has 0 fully saturated rings. The van der Waals surface area contributed by atoms with Crippen LogP contribution >= 0.6 is 0 Å². The molecule has 108 valence electrons. The quantitative estimate of drug-likeness (QED) is 0.721. The maximum Gasteiger partial charge on any atom is 0.240 e. The van der Waals surface area contributed by atoms with Gasteiger partial charge < -0.3 is 19.7 Å². The van der Waals surface area contributed by atoms with Crippen molar-refractivity contribution in [1.82, 2.24) is 14.9 Å². The molecule has 0 radical (unpaired) electrons. The average Bonchev–Trinajstić information content (AvgIpc) is 2.75. The largest absolute Gasteiger partial charge is 0.394 e. The molecule has 6 nitrogen and oxygen atoms in total. The highest BCUT2D eigenvalue weighted by Crippen LogP contribution is 2.14. The first kappa shape index (κ1) is 14.5. The highest BCUT2D eigenvalue weighted by molar-refractivity contribution is 5.81. The van der Waals surface area contributed by atoms with Crippen LogP contribution in [0.3, 0.4) is 0 Å². The van der Waals surface area contributed by atoms with Gasteiger partial charge in [-0.25, -0.2) is 4.98 Å². The number of rotatable bonds is 7. The molecule has 2 aromatic rings. The number of aliphatic hydroxyl groups is 1. The van der Waals surface area contributed by atoms with Gasteiger partial charge in [-0.1, -0.05) is 12.1 Å². The van der Waals surface area contributed by atoms with Crippen molar-refractivity contribution in [1.29, 1.82) is 0 Å². The zero-order chi connectivity index (χ0) is 14.4. The van der Waals surface area contributed by atoms with Gasteiger partial charge in [0.25, 0.3) is 0 Å². The highest BCUT2D eigenvalue weighted by Gasteiger charge is 2.09. The fraction of sp³-hybridized carbons (Fsp3) is 0.429. The standard InChI is InChI=1S/C14H19N3O3/c1-11-16-12-4-2-3-5-13(12)17(11)10-14(19)15-6-8-20-9-7-18/h2-5,18H,6-10H2,1H3,(H,15,19). The number of benzene rings is 1. The Hall–Kier alpha value is -1.92. The van der Waals surface area contributed by atoms with E-state index in [0.29, 0.717) is 19.8 Å². The summed E-state index contributed by atoms with van der Waals surface area (Å²) in [5, 5.41) is 11.3. The number of aromatic nitrogens is 2. The second-order valence-corrected chi connectivity index (χ2v) is 4.42. The topological polar surface area (TPSA) is 76.4 Å². The van der Waals surface area contributed by atoms with E-state index in [1.807, 2.05) is 35.8 Å². The highest BCUT2D eigenvalue weighted by atomic mass is 16.5. The Bertz CT molecular complexity index is 580. The molecular weight excluding hydrogens is 258 g/mol. The number of carbonyl (C=O) groups excluding carboxylic acids is 1. The van der Waals surface area contributed by atoms with Crippen molar-refractivity contribution in [2.75, 3.05) is 26.4 Å². The van der Waals surface area contributed by atoms with E-state index in [1.165, 1.54) is 0 Å². The summed E-state index contributed by atoms with van der Waals surface area (Å²) >= 11 is 0. The molecule has 1 aromatic carbocycles. The molecule has 6 heteroatoms. The fourth-order valence-corrected chi connectivity index (χ4v) is 2.02. The van der Waals surface area contributed by atoms with Crippen LogP contribution in [0.5, 0.6) is 0 Å². The van der Waals surface area contributed by atoms with Crippen molar-refractivity contribution in [3.63, 3.8) is 0 Å². The molecule has 0 saturated carbocycles. The lowest BCUT2D eigenvalue weighted by atomic mass is 10.3. The fourth-order valence-electron chi connectivity index (χ4n) is 2.02. The van der Waals surface area contributed by atoms with Gasteiger partial charge in [0.1, 0.15) is 12.4 Å². The molecule has 20 heavy (non-hydrogen) atoms. The monoisotopic (exact) mass is 277 g/mol. The lowest BCUT2D eigenvalue weighted by molar-refractivity contribution is -0.121. The van der Waals surface area contributed by atoms with Crippen molar-refractivity contribution >= 4 is 16.9 Å². The minimum atomic E-state index is -0.0798. The number of nitrogens with one attached hydrogen (secondary N) is 1. The molecule has 0 aliphatic carbocycles. The van der Waals surface area contributed by atoms with Crippen molar-refractivity contribution in [2.24, 2.45) is 0 Å². The summed E-state index contributed by atoms with van der Waals surface area (Å²) in [6.07, 6.45) is 0. The molecular formula is C14H19N3O3. The lowest BCUT2D eigenvalue weighted by Gasteiger charge is -2.08. The van der Waals surface area contributed by atoms with Crippen LogP contribution in [0.1, 0.15) is 5.82 Å². The zero-order valence-electron chi connectivity index (χ0n) is 11.5. The molecule has 0 atom stereocenters. The van der Waals surface area contributed by atoms with E-state index in [0.717, 1.165) is 16.9 Å². The summed E-state index contributed by atoms with van der Waals surface area (Å²) in [5.41, 5.74) is 1.85. The van der Waals surface area contributed by atoms with Gasteiger partial charge >= 0.3 is 0 Å². The van der Waals surface area contributed by atoms with Gasteiger partial charge in [-0.05, 0) is 19.1 Å². The molecule has 2 rings (SSSR count). The first-order chi connectivity index (χ1) is 9.72. The Morgan fingerprint density at radius 2 is 2.20 bits per heavy atom. The van der Waals surface area contributed by atoms with Crippen molar-refractivity contribution in [3.05, 3.63) is 30.1 Å². The number of para-hydroxylation sites is 2. The second kappa shape index (κ2) is 7.02. The minimum absolute atomic E-state index is 0.00579. The molecule has 0 bridgehead atoms. The van der Waals surface area contributed by atoms with Crippen LogP contribution in [-0.4, -0.2) is 46.9 Å². The number of carbonyl (C=O) groups is 1. The number of ether oxygens (including phenoxy) is 1. The van der Waals surface area contributed by atoms with E-state index in [1.54, 1.807) is 0 Å². The first-order valence-electron chi connectivity index (χ1n) is 6.59. The van der Waals surface area contributed by atoms with Crippen LogP contribution < -0.4 is 5.32 Å². The number of aryl methyl sites for hydroxylation is 1. The van der Waals surface area contributed by atoms with Crippen LogP contribution in [0.4, 0.5) is 0 Å². The second-order valence-electron chi connectivity index (χ2n) is 4.42. The van der Waals surface area contributed by atoms with Gasteiger partial charge in [0.05, 0.1) is 30.9 Å². The van der Waals surface area contributed by atoms with Gasteiger partial charge in [0, 0.05) is 6.54 Å². The van der Waals surface area contributed by atoms with Crippen LogP contribution in [-0.2, 0) is 16.1 Å². The summed E-state index contributed by atoms with van der Waals surface area (Å²) in [5.74, 6) is 0.738. The van der Waals surface area contributed by atoms with Gasteiger partial charge in [-0.2, -0.15) is 0 Å². The SMILES string of the molecule is Cc1nc2ccccc2n1CC(=O)NCCOCCO. The summed E-state index contributed by atoms with van der Waals surface area (Å²) in [6, 6.07) is 7.74. The number of fused-ring (bicyclic) bond motifs is 1. The number of aliphatic hydroxyl groups excluding tert-OH is 1. The van der Waals surface area contributed by atoms with Crippen LogP contribution in [0, 0.1) is 6.92 Å². The predicted octanol–water partition coefficient (Wildman–Crippen LogP) is 0.470. The van der Waals surface area contributed by atoms with Gasteiger partial charge in [-0.3, -0.25) is 4.79 Å². The molecule has 2 N–H and O–H groups in total. The Morgan fingerprint density at radius 1 is 1.40 bits per heavy atom. The minimum Gasteiger partial charge on any atom is -0.394 e. The zero-order valence-corrected chi connectivity index (χ0v) is 11.5. The molecule has 0 aliphatic heterocycles. The van der Waals surface area contributed by atoms with Crippen molar-refractivity contribution in [3.8, 4) is 0 Å². The number of imidazole rings is 1. The van der Waals surface area contributed by atoms with E-state index in [4.69, 9.17) is 9.84 Å². The molecule has 0 saturated heterocycles. The summed E-state index contributed by atoms with van der Waals surface area (Å²) in [4.78, 5) is 16.3. The molecule has 1 amide bonds. The molecule has 0 unspecified atom stereocenters. The summed E-state index contributed by atoms with van der Waals surface area (Å²) < 4.78 is 6.97. The maximum atomic E-state index is 11.9. The van der Waals surface area contributed by atoms with Gasteiger partial charge in [-0.15, -0.1) is 0 Å². The number of hydrogen-bond donors (Lipinski definition) is 2. The van der Waals surface area contributed by atoms with E-state index in [9.17, 15) is 4.79 Å². The summed E-state index contributed by atoms with van der Waals surface area (Å²) in [7, 11) is 0. The third-order valence-corrected chi connectivity index (χ3v) is 2.95. The van der Waals surface area contributed by atoms with E-state index < -0.39 is 0 Å². The van der Waals surface area contributed by atoms with Gasteiger partial charge in [0.2, 0.25) is 5.91 Å². The lowest BCUT2D eigenvalue weighted by Crippen LogP contribution is -2.31. The number of hydrogen-bond acceptors (Lipinski definition) is 4. The Kier molecular flexibility index (Phi) is 5.09. The molecule has 1 heterocycles. The average molecular weight is 277 g/mol. The maximum absolute atomic E-state index is 11.9. The predicted molar refractivity (Wildman–Crippen MR) is 75.4 cm³/mol. The third-order valence-electron chi connectivity index (χ3n) is 2.95. The van der Waals surface area contributed by atoms with Gasteiger partial charge in [0.15, 0.2) is 0 Å². The first-order valence-corrected chi connectivity index (χ1v) is 6.59. The van der Waals surface area contributed by atoms with Crippen LogP contribution in [0.2, 0.25) is 0 Å². The van der Waals surface area contributed by atoms with Crippen LogP contribution in [0.15, 0.2) is 24.3 Å². The van der Waals surface area contributed by atoms with Crippen LogP contribution in [0.25, 0.3) is 11.0 Å². The van der Waals surface area contributed by atoms with Crippen molar-refractivity contribution < 1.29 is 14.6 Å². The smallest absolute Gasteiger partial charge is 0.240 e. The number of nitrogens with zero attached hydrogens (tertiary/aromatic N) is 2. The number of amides is 1. The molecule has 1 aromatic heterocycles.